The van der Waals surface area contributed by atoms with Crippen molar-refractivity contribution in [2.24, 2.45) is 0 Å². The molecule has 2 aromatic heterocycles. The minimum absolute atomic E-state index is 0.0861. The number of nitrogens with zero attached hydrogens (tertiary/aromatic N) is 2. The molecule has 21 heavy (non-hydrogen) atoms. The molecule has 0 atom stereocenters. The number of amides is 1. The average molecular weight is 371 g/mol. The number of rotatable bonds is 4. The maximum Gasteiger partial charge on any atom is 0.335 e. The van der Waals surface area contributed by atoms with Crippen molar-refractivity contribution in [3.63, 3.8) is 0 Å². The third-order valence-electron chi connectivity index (χ3n) is 2.54. The number of aromatic carboxylic acids is 1. The second kappa shape index (κ2) is 6.64. The van der Waals surface area contributed by atoms with Crippen molar-refractivity contribution in [3.8, 4) is 0 Å². The molecule has 8 heteroatoms. The first-order valence-corrected chi connectivity index (χ1v) is 6.92. The number of nitrogens with one attached hydrogen (secondary N) is 1. The van der Waals surface area contributed by atoms with Crippen LogP contribution >= 0.6 is 27.5 Å². The molecule has 1 amide bonds. The zero-order chi connectivity index (χ0) is 15.4. The fourth-order valence-electron chi connectivity index (χ4n) is 1.56. The number of aromatic nitrogens is 2. The molecule has 0 aliphatic heterocycles. The van der Waals surface area contributed by atoms with E-state index in [1.165, 1.54) is 24.5 Å². The van der Waals surface area contributed by atoms with Gasteiger partial charge in [-0.1, -0.05) is 11.6 Å². The topological polar surface area (TPSA) is 92.2 Å². The number of hydrogen-bond acceptors (Lipinski definition) is 4. The Labute approximate surface area is 133 Å². The lowest BCUT2D eigenvalue weighted by atomic mass is 10.2. The Kier molecular flexibility index (Phi) is 4.87. The molecule has 108 valence electrons. The Balaban J connectivity index is 2.09. The Hall–Kier alpha value is -1.99. The van der Waals surface area contributed by atoms with Crippen molar-refractivity contribution in [1.29, 1.82) is 0 Å². The van der Waals surface area contributed by atoms with Gasteiger partial charge in [-0.15, -0.1) is 0 Å². The van der Waals surface area contributed by atoms with E-state index < -0.39 is 11.9 Å². The Morgan fingerprint density at radius 3 is 2.81 bits per heavy atom. The summed E-state index contributed by atoms with van der Waals surface area (Å²) in [6.07, 6.45) is 2.86. The van der Waals surface area contributed by atoms with E-state index in [2.05, 4.69) is 31.2 Å². The zero-order valence-electron chi connectivity index (χ0n) is 10.5. The first-order chi connectivity index (χ1) is 9.97. The summed E-state index contributed by atoms with van der Waals surface area (Å²) in [7, 11) is 0. The molecule has 0 unspecified atom stereocenters. The Morgan fingerprint density at radius 2 is 2.10 bits per heavy atom. The van der Waals surface area contributed by atoms with Gasteiger partial charge in [-0.3, -0.25) is 9.78 Å². The summed E-state index contributed by atoms with van der Waals surface area (Å²) >= 11 is 9.06. The normalized spacial score (nSPS) is 10.2. The number of pyridine rings is 2. The van der Waals surface area contributed by atoms with Gasteiger partial charge in [0.05, 0.1) is 23.4 Å². The van der Waals surface area contributed by atoms with Crippen molar-refractivity contribution in [3.05, 3.63) is 57.0 Å². The molecule has 2 N–H and O–H groups in total. The molecule has 0 aromatic carbocycles. The molecule has 0 spiro atoms. The SMILES string of the molecule is O=C(O)c1ccnc(CNC(=O)c2cc(Br)cnc2Cl)c1. The van der Waals surface area contributed by atoms with Crippen LogP contribution in [0.5, 0.6) is 0 Å². The smallest absolute Gasteiger partial charge is 0.335 e. The zero-order valence-corrected chi connectivity index (χ0v) is 12.8. The van der Waals surface area contributed by atoms with Crippen LogP contribution in [0.2, 0.25) is 5.15 Å². The van der Waals surface area contributed by atoms with Crippen LogP contribution in [0.15, 0.2) is 35.1 Å². The van der Waals surface area contributed by atoms with Crippen LogP contribution in [-0.2, 0) is 6.54 Å². The predicted octanol–water partition coefficient (Wildman–Crippen LogP) is 2.52. The van der Waals surface area contributed by atoms with Crippen LogP contribution in [0.25, 0.3) is 0 Å². The van der Waals surface area contributed by atoms with Crippen LogP contribution in [-0.4, -0.2) is 27.0 Å². The summed E-state index contributed by atoms with van der Waals surface area (Å²) in [6, 6.07) is 4.32. The van der Waals surface area contributed by atoms with Gasteiger partial charge in [0.2, 0.25) is 0 Å². The summed E-state index contributed by atoms with van der Waals surface area (Å²) < 4.78 is 0.628. The molecule has 2 aromatic rings. The van der Waals surface area contributed by atoms with Crippen LogP contribution in [0.4, 0.5) is 0 Å². The summed E-state index contributed by atoms with van der Waals surface area (Å²) in [5, 5.41) is 11.6. The molecule has 0 saturated carbocycles. The van der Waals surface area contributed by atoms with Gasteiger partial charge in [0, 0.05) is 16.9 Å². The van der Waals surface area contributed by atoms with Gasteiger partial charge in [-0.05, 0) is 34.1 Å². The molecular weight excluding hydrogens is 362 g/mol. The molecular formula is C13H9BrClN3O3. The molecule has 0 fully saturated rings. The largest absolute Gasteiger partial charge is 0.478 e. The number of carbonyl (C=O) groups excluding carboxylic acids is 1. The minimum atomic E-state index is -1.05. The first kappa shape index (κ1) is 15.4. The van der Waals surface area contributed by atoms with Crippen molar-refractivity contribution in [2.45, 2.75) is 6.54 Å². The van der Waals surface area contributed by atoms with E-state index in [4.69, 9.17) is 16.7 Å². The van der Waals surface area contributed by atoms with Crippen LogP contribution in [0.1, 0.15) is 26.4 Å². The highest BCUT2D eigenvalue weighted by atomic mass is 79.9. The highest BCUT2D eigenvalue weighted by Crippen LogP contribution is 2.17. The highest BCUT2D eigenvalue weighted by molar-refractivity contribution is 9.10. The highest BCUT2D eigenvalue weighted by Gasteiger charge is 2.12. The fraction of sp³-hybridized carbons (Fsp3) is 0.0769. The Bertz CT molecular complexity index is 709. The van der Waals surface area contributed by atoms with E-state index in [-0.39, 0.29) is 22.8 Å². The summed E-state index contributed by atoms with van der Waals surface area (Å²) in [5.41, 5.74) is 0.763. The van der Waals surface area contributed by atoms with Gasteiger partial charge in [0.25, 0.3) is 5.91 Å². The second-order valence-corrected chi connectivity index (χ2v) is 5.29. The van der Waals surface area contributed by atoms with Crippen molar-refractivity contribution in [1.82, 2.24) is 15.3 Å². The number of carbonyl (C=O) groups is 2. The molecule has 0 aliphatic carbocycles. The predicted molar refractivity (Wildman–Crippen MR) is 79.3 cm³/mol. The van der Waals surface area contributed by atoms with Gasteiger partial charge in [-0.2, -0.15) is 0 Å². The number of hydrogen-bond donors (Lipinski definition) is 2. The quantitative estimate of drug-likeness (QED) is 0.807. The van der Waals surface area contributed by atoms with Gasteiger partial charge in [-0.25, -0.2) is 9.78 Å². The van der Waals surface area contributed by atoms with Gasteiger partial charge in [0.15, 0.2) is 0 Å². The van der Waals surface area contributed by atoms with Gasteiger partial charge >= 0.3 is 5.97 Å². The molecule has 0 saturated heterocycles. The molecule has 0 aliphatic rings. The molecule has 6 nitrogen and oxygen atoms in total. The van der Waals surface area contributed by atoms with E-state index >= 15 is 0 Å². The lowest BCUT2D eigenvalue weighted by Crippen LogP contribution is -2.24. The standard InChI is InChI=1S/C13H9BrClN3O3/c14-8-4-10(11(15)17-5-8)12(19)18-6-9-3-7(13(20)21)1-2-16-9/h1-5H,6H2,(H,18,19)(H,20,21). The van der Waals surface area contributed by atoms with Crippen molar-refractivity contribution >= 4 is 39.4 Å². The minimum Gasteiger partial charge on any atom is -0.478 e. The van der Waals surface area contributed by atoms with Crippen LogP contribution < -0.4 is 5.32 Å². The van der Waals surface area contributed by atoms with Gasteiger partial charge in [0.1, 0.15) is 5.15 Å². The molecule has 2 heterocycles. The average Bonchev–Trinajstić information content (AvgIpc) is 2.47. The maximum absolute atomic E-state index is 12.0. The first-order valence-electron chi connectivity index (χ1n) is 5.75. The van der Waals surface area contributed by atoms with Crippen molar-refractivity contribution < 1.29 is 14.7 Å². The Morgan fingerprint density at radius 1 is 1.33 bits per heavy atom. The van der Waals surface area contributed by atoms with E-state index in [9.17, 15) is 9.59 Å². The van der Waals surface area contributed by atoms with E-state index in [0.717, 1.165) is 0 Å². The lowest BCUT2D eigenvalue weighted by molar-refractivity contribution is 0.0696. The molecule has 0 radical (unpaired) electrons. The van der Waals surface area contributed by atoms with E-state index in [0.29, 0.717) is 10.2 Å². The third-order valence-corrected chi connectivity index (χ3v) is 3.28. The van der Waals surface area contributed by atoms with Crippen LogP contribution in [0.3, 0.4) is 0 Å². The summed E-state index contributed by atoms with van der Waals surface area (Å²) in [5.74, 6) is -1.47. The summed E-state index contributed by atoms with van der Waals surface area (Å²) in [6.45, 7) is 0.0861. The lowest BCUT2D eigenvalue weighted by Gasteiger charge is -2.07. The number of carboxylic acid groups (broad SMARTS) is 1. The fourth-order valence-corrected chi connectivity index (χ4v) is 2.08. The molecule has 2 rings (SSSR count). The molecule has 0 bridgehead atoms. The second-order valence-electron chi connectivity index (χ2n) is 4.02. The maximum atomic E-state index is 12.0. The van der Waals surface area contributed by atoms with E-state index in [1.54, 1.807) is 6.07 Å². The van der Waals surface area contributed by atoms with Crippen molar-refractivity contribution in [2.75, 3.05) is 0 Å². The third kappa shape index (κ3) is 3.99. The van der Waals surface area contributed by atoms with Gasteiger partial charge < -0.3 is 10.4 Å². The van der Waals surface area contributed by atoms with E-state index in [1.807, 2.05) is 0 Å². The monoisotopic (exact) mass is 369 g/mol. The number of carboxylic acids is 1. The number of halogens is 2. The van der Waals surface area contributed by atoms with Crippen LogP contribution in [0, 0.1) is 0 Å². The summed E-state index contributed by atoms with van der Waals surface area (Å²) in [4.78, 5) is 30.7.